The van der Waals surface area contributed by atoms with Gasteiger partial charge in [-0.15, -0.1) is 24.0 Å². The fourth-order valence-corrected chi connectivity index (χ4v) is 3.07. The van der Waals surface area contributed by atoms with Gasteiger partial charge in [0.05, 0.1) is 0 Å². The van der Waals surface area contributed by atoms with E-state index in [-0.39, 0.29) is 24.0 Å². The van der Waals surface area contributed by atoms with E-state index in [2.05, 4.69) is 61.1 Å². The van der Waals surface area contributed by atoms with Gasteiger partial charge in [-0.2, -0.15) is 0 Å². The summed E-state index contributed by atoms with van der Waals surface area (Å²) in [4.78, 5) is 7.15. The number of rotatable bonds is 6. The first-order valence-corrected chi connectivity index (χ1v) is 9.30. The van der Waals surface area contributed by atoms with Crippen LogP contribution in [-0.4, -0.2) is 37.0 Å². The number of hydrogen-bond acceptors (Lipinski definition) is 2. The van der Waals surface area contributed by atoms with Crippen LogP contribution < -0.4 is 11.1 Å². The van der Waals surface area contributed by atoms with E-state index in [1.165, 1.54) is 50.0 Å². The zero-order valence-electron chi connectivity index (χ0n) is 16.2. The molecule has 0 saturated carbocycles. The van der Waals surface area contributed by atoms with E-state index >= 15 is 0 Å². The topological polar surface area (TPSA) is 53.6 Å². The summed E-state index contributed by atoms with van der Waals surface area (Å²) in [6.45, 7) is 13.3. The van der Waals surface area contributed by atoms with Gasteiger partial charge in [0, 0.05) is 12.2 Å². The highest BCUT2D eigenvalue weighted by Crippen LogP contribution is 2.19. The molecule has 0 amide bonds. The second-order valence-electron chi connectivity index (χ2n) is 7.62. The number of halogens is 1. The summed E-state index contributed by atoms with van der Waals surface area (Å²) in [6.07, 6.45) is 3.77. The third-order valence-corrected chi connectivity index (χ3v) is 5.03. The lowest BCUT2D eigenvalue weighted by Crippen LogP contribution is -2.36. The Hall–Kier alpha value is -0.820. The standard InChI is InChI=1S/C20H34N4.HI/c1-15(2)7-10-24-11-8-18(9-12-24)14-22-20(21)23-19-6-5-16(3)17(4)13-19;/h5-6,13,15,18H,7-12,14H2,1-4H3,(H3,21,22,23);1H. The van der Waals surface area contributed by atoms with Crippen LogP contribution in [0.5, 0.6) is 0 Å². The summed E-state index contributed by atoms with van der Waals surface area (Å²) in [6, 6.07) is 6.28. The Labute approximate surface area is 170 Å². The van der Waals surface area contributed by atoms with Crippen molar-refractivity contribution >= 4 is 35.6 Å². The number of aryl methyl sites for hydroxylation is 2. The molecule has 2 rings (SSSR count). The molecule has 25 heavy (non-hydrogen) atoms. The zero-order chi connectivity index (χ0) is 17.5. The molecule has 1 aliphatic heterocycles. The maximum Gasteiger partial charge on any atom is 0.193 e. The minimum Gasteiger partial charge on any atom is -0.370 e. The quantitative estimate of drug-likeness (QED) is 0.377. The molecule has 0 aromatic heterocycles. The summed E-state index contributed by atoms with van der Waals surface area (Å²) in [7, 11) is 0. The number of likely N-dealkylation sites (tertiary alicyclic amines) is 1. The fourth-order valence-electron chi connectivity index (χ4n) is 3.07. The van der Waals surface area contributed by atoms with Crippen molar-refractivity contribution in [3.05, 3.63) is 29.3 Å². The normalized spacial score (nSPS) is 16.8. The summed E-state index contributed by atoms with van der Waals surface area (Å²) in [5, 5.41) is 3.21. The SMILES string of the molecule is Cc1ccc(NC(N)=NCC2CCN(CCC(C)C)CC2)cc1C.I. The number of nitrogens with one attached hydrogen (secondary N) is 1. The number of benzene rings is 1. The summed E-state index contributed by atoms with van der Waals surface area (Å²) >= 11 is 0. The molecule has 0 atom stereocenters. The van der Waals surface area contributed by atoms with E-state index in [1.807, 2.05) is 0 Å². The molecule has 3 N–H and O–H groups in total. The first-order chi connectivity index (χ1) is 11.4. The number of piperidine rings is 1. The fraction of sp³-hybridized carbons (Fsp3) is 0.650. The average molecular weight is 458 g/mol. The highest BCUT2D eigenvalue weighted by atomic mass is 127. The van der Waals surface area contributed by atoms with Crippen molar-refractivity contribution in [2.24, 2.45) is 22.6 Å². The van der Waals surface area contributed by atoms with E-state index < -0.39 is 0 Å². The molecule has 0 radical (unpaired) electrons. The third-order valence-electron chi connectivity index (χ3n) is 5.03. The van der Waals surface area contributed by atoms with Crippen LogP contribution in [0.1, 0.15) is 44.2 Å². The van der Waals surface area contributed by atoms with Crippen molar-refractivity contribution in [2.75, 3.05) is 31.5 Å². The molecule has 1 saturated heterocycles. The second kappa shape index (κ2) is 11.0. The van der Waals surface area contributed by atoms with E-state index in [0.29, 0.717) is 11.9 Å². The van der Waals surface area contributed by atoms with E-state index in [1.54, 1.807) is 0 Å². The van der Waals surface area contributed by atoms with Gasteiger partial charge in [-0.3, -0.25) is 4.99 Å². The monoisotopic (exact) mass is 458 g/mol. The Morgan fingerprint density at radius 1 is 1.24 bits per heavy atom. The van der Waals surface area contributed by atoms with Gasteiger partial charge >= 0.3 is 0 Å². The van der Waals surface area contributed by atoms with Crippen LogP contribution in [0.2, 0.25) is 0 Å². The number of hydrogen-bond donors (Lipinski definition) is 2. The van der Waals surface area contributed by atoms with Crippen LogP contribution in [0.25, 0.3) is 0 Å². The molecule has 0 aliphatic carbocycles. The Morgan fingerprint density at radius 2 is 1.92 bits per heavy atom. The lowest BCUT2D eigenvalue weighted by Gasteiger charge is -2.31. The van der Waals surface area contributed by atoms with Gasteiger partial charge in [-0.1, -0.05) is 19.9 Å². The highest BCUT2D eigenvalue weighted by Gasteiger charge is 2.18. The van der Waals surface area contributed by atoms with Crippen molar-refractivity contribution < 1.29 is 0 Å². The second-order valence-corrected chi connectivity index (χ2v) is 7.62. The number of guanidine groups is 1. The van der Waals surface area contributed by atoms with Crippen LogP contribution in [0.15, 0.2) is 23.2 Å². The van der Waals surface area contributed by atoms with Gasteiger partial charge < -0.3 is 16.0 Å². The first-order valence-electron chi connectivity index (χ1n) is 9.30. The van der Waals surface area contributed by atoms with Gasteiger partial charge in [0.25, 0.3) is 0 Å². The molecule has 1 aliphatic rings. The molecule has 1 aromatic carbocycles. The van der Waals surface area contributed by atoms with Crippen LogP contribution in [-0.2, 0) is 0 Å². The van der Waals surface area contributed by atoms with Crippen molar-refractivity contribution in [3.8, 4) is 0 Å². The largest absolute Gasteiger partial charge is 0.370 e. The minimum atomic E-state index is 0. The Bertz CT molecular complexity index is 549. The average Bonchev–Trinajstić information content (AvgIpc) is 2.55. The van der Waals surface area contributed by atoms with Crippen molar-refractivity contribution in [3.63, 3.8) is 0 Å². The number of anilines is 1. The maximum atomic E-state index is 6.05. The summed E-state index contributed by atoms with van der Waals surface area (Å²) in [5.41, 5.74) is 9.62. The summed E-state index contributed by atoms with van der Waals surface area (Å²) < 4.78 is 0. The molecule has 0 spiro atoms. The molecule has 1 aromatic rings. The van der Waals surface area contributed by atoms with E-state index in [0.717, 1.165) is 18.2 Å². The molecule has 1 heterocycles. The number of aliphatic imine (C=N–C) groups is 1. The third kappa shape index (κ3) is 7.94. The lowest BCUT2D eigenvalue weighted by molar-refractivity contribution is 0.180. The first kappa shape index (κ1) is 22.2. The predicted octanol–water partition coefficient (Wildman–Crippen LogP) is 4.41. The zero-order valence-corrected chi connectivity index (χ0v) is 18.5. The Morgan fingerprint density at radius 3 is 2.52 bits per heavy atom. The molecule has 0 unspecified atom stereocenters. The van der Waals surface area contributed by atoms with Gasteiger partial charge in [-0.05, 0) is 87.8 Å². The molecular weight excluding hydrogens is 423 g/mol. The van der Waals surface area contributed by atoms with E-state index in [9.17, 15) is 0 Å². The van der Waals surface area contributed by atoms with E-state index in [4.69, 9.17) is 5.73 Å². The van der Waals surface area contributed by atoms with Crippen molar-refractivity contribution in [1.29, 1.82) is 0 Å². The number of nitrogens with zero attached hydrogens (tertiary/aromatic N) is 2. The van der Waals surface area contributed by atoms with Gasteiger partial charge in [-0.25, -0.2) is 0 Å². The minimum absolute atomic E-state index is 0. The molecule has 5 heteroatoms. The highest BCUT2D eigenvalue weighted by molar-refractivity contribution is 14.0. The molecule has 0 bridgehead atoms. The predicted molar refractivity (Wildman–Crippen MR) is 120 cm³/mol. The van der Waals surface area contributed by atoms with Crippen LogP contribution in [0, 0.1) is 25.7 Å². The van der Waals surface area contributed by atoms with Crippen LogP contribution >= 0.6 is 24.0 Å². The lowest BCUT2D eigenvalue weighted by atomic mass is 9.96. The smallest absolute Gasteiger partial charge is 0.193 e. The van der Waals surface area contributed by atoms with Gasteiger partial charge in [0.15, 0.2) is 5.96 Å². The Balaban J connectivity index is 0.00000312. The summed E-state index contributed by atoms with van der Waals surface area (Å²) in [5.74, 6) is 1.99. The number of nitrogens with two attached hydrogens (primary N) is 1. The molecule has 4 nitrogen and oxygen atoms in total. The van der Waals surface area contributed by atoms with Crippen molar-refractivity contribution in [1.82, 2.24) is 4.90 Å². The van der Waals surface area contributed by atoms with Crippen molar-refractivity contribution in [2.45, 2.75) is 47.0 Å². The van der Waals surface area contributed by atoms with Gasteiger partial charge in [0.2, 0.25) is 0 Å². The Kier molecular flexibility index (Phi) is 9.79. The molecule has 1 fully saturated rings. The molecule has 142 valence electrons. The van der Waals surface area contributed by atoms with Crippen LogP contribution in [0.4, 0.5) is 5.69 Å². The molecular formula is C20H35IN4. The van der Waals surface area contributed by atoms with Gasteiger partial charge in [0.1, 0.15) is 0 Å². The maximum absolute atomic E-state index is 6.05. The van der Waals surface area contributed by atoms with Crippen LogP contribution in [0.3, 0.4) is 0 Å².